The fourth-order valence-electron chi connectivity index (χ4n) is 6.85. The zero-order valence-corrected chi connectivity index (χ0v) is 36.8. The second-order valence-electron chi connectivity index (χ2n) is 16.4. The number of allylic oxidation sites excluding steroid dienone is 4. The lowest BCUT2D eigenvalue weighted by atomic mass is 10.1. The number of carbonyl (C=O) groups is 2. The molecule has 1 unspecified atom stereocenters. The van der Waals surface area contributed by atoms with Gasteiger partial charge in [-0.3, -0.25) is 14.6 Å². The first-order chi connectivity index (χ1) is 27.4. The highest BCUT2D eigenvalue weighted by molar-refractivity contribution is 5.79. The number of unbranched alkanes of at least 4 members (excludes halogenated alkanes) is 22. The Balaban J connectivity index is 2.32. The molecule has 56 heavy (non-hydrogen) atoms. The Morgan fingerprint density at radius 2 is 0.946 bits per heavy atom. The van der Waals surface area contributed by atoms with Crippen LogP contribution >= 0.6 is 0 Å². The average molecular weight is 780 g/mol. The summed E-state index contributed by atoms with van der Waals surface area (Å²) in [5.41, 5.74) is 6.37. The van der Waals surface area contributed by atoms with Crippen molar-refractivity contribution in [1.82, 2.24) is 0 Å². The highest BCUT2D eigenvalue weighted by Gasteiger charge is 2.15. The molecule has 0 heterocycles. The summed E-state index contributed by atoms with van der Waals surface area (Å²) in [7, 11) is 0. The lowest BCUT2D eigenvalue weighted by Crippen LogP contribution is -2.60. The molecule has 0 fully saturated rings. The van der Waals surface area contributed by atoms with E-state index in [1.54, 1.807) is 0 Å². The van der Waals surface area contributed by atoms with Gasteiger partial charge in [0.15, 0.2) is 0 Å². The van der Waals surface area contributed by atoms with E-state index in [2.05, 4.69) is 80.1 Å². The van der Waals surface area contributed by atoms with Gasteiger partial charge in [-0.05, 0) is 82.3 Å². The van der Waals surface area contributed by atoms with Crippen LogP contribution in [0.15, 0.2) is 53.6 Å². The van der Waals surface area contributed by atoms with Crippen LogP contribution in [0.4, 0.5) is 0 Å². The Bertz CT molecular complexity index is 1070. The molecule has 0 aliphatic heterocycles. The zero-order chi connectivity index (χ0) is 40.6. The molecule has 320 valence electrons. The van der Waals surface area contributed by atoms with Crippen molar-refractivity contribution in [2.45, 2.75) is 213 Å². The van der Waals surface area contributed by atoms with Gasteiger partial charge in [0.1, 0.15) is 0 Å². The lowest BCUT2D eigenvalue weighted by Gasteiger charge is -2.15. The van der Waals surface area contributed by atoms with Crippen molar-refractivity contribution in [1.29, 1.82) is 0 Å². The van der Waals surface area contributed by atoms with Crippen LogP contribution < -0.4 is 5.73 Å². The fraction of sp³-hybridized carbons (Fsp3) is 0.740. The molecule has 0 radical (unpaired) electrons. The number of benzene rings is 1. The summed E-state index contributed by atoms with van der Waals surface area (Å²) < 4.78 is 11.4. The van der Waals surface area contributed by atoms with E-state index in [1.165, 1.54) is 121 Å². The molecule has 0 aliphatic carbocycles. The first-order valence-corrected chi connectivity index (χ1v) is 23.5. The van der Waals surface area contributed by atoms with Gasteiger partial charge in [0.25, 0.3) is 0 Å². The number of carbonyl (C=O) groups excluding carboxylic acids is 2. The summed E-state index contributed by atoms with van der Waals surface area (Å²) in [6.45, 7) is 7.50. The van der Waals surface area contributed by atoms with Crippen LogP contribution in [0.1, 0.15) is 212 Å². The van der Waals surface area contributed by atoms with Crippen molar-refractivity contribution < 1.29 is 24.8 Å². The average Bonchev–Trinajstić information content (AvgIpc) is 3.19. The third-order valence-electron chi connectivity index (χ3n) is 10.4. The van der Waals surface area contributed by atoms with Crippen molar-refractivity contribution in [3.05, 3.63) is 59.7 Å². The largest absolute Gasteiger partial charge is 0.465 e. The maximum Gasteiger partial charge on any atom is 0.305 e. The van der Waals surface area contributed by atoms with Gasteiger partial charge in [-0.25, -0.2) is 0 Å². The molecule has 0 aromatic heterocycles. The Hall–Kier alpha value is -2.73. The number of ether oxygens (including phenoxy) is 2. The van der Waals surface area contributed by atoms with Gasteiger partial charge in [-0.15, -0.1) is 0 Å². The van der Waals surface area contributed by atoms with Crippen molar-refractivity contribution >= 4 is 18.2 Å². The molecule has 1 atom stereocenters. The number of esters is 2. The highest BCUT2D eigenvalue weighted by Crippen LogP contribution is 2.13. The minimum absolute atomic E-state index is 0.173. The van der Waals surface area contributed by atoms with Crippen molar-refractivity contribution in [2.24, 2.45) is 10.9 Å². The van der Waals surface area contributed by atoms with Crippen LogP contribution in [0.2, 0.25) is 0 Å². The fourth-order valence-corrected chi connectivity index (χ4v) is 6.85. The number of aliphatic imine (C=N–C) groups is 1. The van der Waals surface area contributed by atoms with E-state index in [0.717, 1.165) is 63.4 Å². The van der Waals surface area contributed by atoms with E-state index in [-0.39, 0.29) is 31.1 Å². The van der Waals surface area contributed by atoms with Gasteiger partial charge in [0.2, 0.25) is 0 Å². The summed E-state index contributed by atoms with van der Waals surface area (Å²) in [6.07, 6.45) is 45.0. The van der Waals surface area contributed by atoms with Gasteiger partial charge in [-0.2, -0.15) is 0 Å². The van der Waals surface area contributed by atoms with E-state index < -0.39 is 0 Å². The van der Waals surface area contributed by atoms with E-state index in [4.69, 9.17) is 9.47 Å². The molecule has 0 saturated heterocycles. The summed E-state index contributed by atoms with van der Waals surface area (Å²) in [6, 6.07) is 8.74. The molecule has 0 amide bonds. The van der Waals surface area contributed by atoms with Gasteiger partial charge in [0, 0.05) is 37.9 Å². The summed E-state index contributed by atoms with van der Waals surface area (Å²) in [5, 5.41) is 0. The summed E-state index contributed by atoms with van der Waals surface area (Å²) in [4.78, 5) is 29.9. The normalized spacial score (nSPS) is 12.4. The third-order valence-corrected chi connectivity index (χ3v) is 10.4. The summed E-state index contributed by atoms with van der Waals surface area (Å²) in [5.74, 6) is -0.522. The minimum atomic E-state index is -0.175. The van der Waals surface area contributed by atoms with Crippen molar-refractivity contribution in [3.63, 3.8) is 0 Å². The predicted octanol–water partition coefficient (Wildman–Crippen LogP) is 13.1. The molecule has 1 rings (SSSR count). The SMILES string of the molecule is CCCCCCCC/C=C\CCCCCCCC(=O)OCC(CN=Cc1ccc(CC(C)[NH3+])cc1)COC(=O)CCCCCCC/C=C\CCCCCCCC. The first-order valence-electron chi connectivity index (χ1n) is 23.5. The molecule has 1 aromatic rings. The number of quaternary nitrogens is 1. The van der Waals surface area contributed by atoms with E-state index in [1.807, 2.05) is 6.21 Å². The van der Waals surface area contributed by atoms with Crippen LogP contribution in [0.5, 0.6) is 0 Å². The van der Waals surface area contributed by atoms with Crippen LogP contribution in [-0.4, -0.2) is 44.0 Å². The number of hydrogen-bond donors (Lipinski definition) is 1. The molecule has 0 spiro atoms. The molecular formula is C50H87N2O4+. The smallest absolute Gasteiger partial charge is 0.305 e. The van der Waals surface area contributed by atoms with Gasteiger partial charge in [0.05, 0.1) is 19.3 Å². The maximum absolute atomic E-state index is 12.6. The van der Waals surface area contributed by atoms with Gasteiger partial charge < -0.3 is 15.2 Å². The molecule has 0 saturated carbocycles. The Morgan fingerprint density at radius 3 is 1.34 bits per heavy atom. The van der Waals surface area contributed by atoms with E-state index in [0.29, 0.717) is 25.4 Å². The Kier molecular flexibility index (Phi) is 35.8. The second-order valence-corrected chi connectivity index (χ2v) is 16.4. The van der Waals surface area contributed by atoms with Crippen LogP contribution in [0.3, 0.4) is 0 Å². The number of rotatable bonds is 39. The van der Waals surface area contributed by atoms with Gasteiger partial charge in [-0.1, -0.05) is 165 Å². The van der Waals surface area contributed by atoms with Gasteiger partial charge >= 0.3 is 11.9 Å². The molecule has 0 aliphatic rings. The standard InChI is InChI=1S/C50H86N2O4/c1-4-6-8-10-12-14-16-18-20-22-24-26-28-30-32-34-49(53)55-43-48(42-52-41-47-38-36-46(37-39-47)40-45(3)51)44-56-50(54)35-33-31-29-27-25-23-21-19-17-15-13-11-9-7-5-2/h18-21,36-39,41,45,48H,4-17,22-35,40,42-44,51H2,1-3H3/p+1/b20-18-,21-19-,52-41?. The lowest BCUT2D eigenvalue weighted by molar-refractivity contribution is -0.413. The second kappa shape index (κ2) is 39.1. The molecule has 0 bridgehead atoms. The first kappa shape index (κ1) is 51.3. The molecular weight excluding hydrogens is 693 g/mol. The highest BCUT2D eigenvalue weighted by atomic mass is 16.5. The minimum Gasteiger partial charge on any atom is -0.465 e. The quantitative estimate of drug-likeness (QED) is 0.0312. The van der Waals surface area contributed by atoms with Crippen LogP contribution in [0.25, 0.3) is 0 Å². The topological polar surface area (TPSA) is 92.6 Å². The van der Waals surface area contributed by atoms with Crippen molar-refractivity contribution in [2.75, 3.05) is 19.8 Å². The monoisotopic (exact) mass is 780 g/mol. The van der Waals surface area contributed by atoms with Crippen LogP contribution in [0, 0.1) is 5.92 Å². The van der Waals surface area contributed by atoms with E-state index >= 15 is 0 Å². The maximum atomic E-state index is 12.6. The Morgan fingerprint density at radius 1 is 0.571 bits per heavy atom. The van der Waals surface area contributed by atoms with E-state index in [9.17, 15) is 9.59 Å². The number of nitrogens with zero attached hydrogens (tertiary/aromatic N) is 1. The number of hydrogen-bond acceptors (Lipinski definition) is 5. The van der Waals surface area contributed by atoms with Crippen LogP contribution in [-0.2, 0) is 25.5 Å². The zero-order valence-electron chi connectivity index (χ0n) is 36.8. The molecule has 1 aromatic carbocycles. The Labute approximate surface area is 345 Å². The molecule has 6 heteroatoms. The third kappa shape index (κ3) is 34.5. The summed E-state index contributed by atoms with van der Waals surface area (Å²) >= 11 is 0. The van der Waals surface area contributed by atoms with Crippen molar-refractivity contribution in [3.8, 4) is 0 Å². The molecule has 6 nitrogen and oxygen atoms in total. The predicted molar refractivity (Wildman–Crippen MR) is 239 cm³/mol. The molecule has 3 N–H and O–H groups in total.